The monoisotopic (exact) mass is 519 g/mol. The van der Waals surface area contributed by atoms with E-state index in [1.54, 1.807) is 25.2 Å². The molecule has 0 aromatic heterocycles. The standard InChI is InChI=1S/C20H23F2N3O3.HI/c1-23-20(24-12-14-4-2-5-16(10-14)28-13-19(21)22)25-15-6-7-17-18(11-15)27-9-3-8-26-17;/h2,4-7,10-11,19H,3,8-9,12-13H2,1H3,(H2,23,24,25);1H. The fourth-order valence-electron chi connectivity index (χ4n) is 2.65. The van der Waals surface area contributed by atoms with Gasteiger partial charge in [0, 0.05) is 31.8 Å². The molecular weight excluding hydrogens is 495 g/mol. The van der Waals surface area contributed by atoms with Gasteiger partial charge in [0.15, 0.2) is 17.5 Å². The molecule has 29 heavy (non-hydrogen) atoms. The number of guanidine groups is 1. The maximum absolute atomic E-state index is 12.3. The Morgan fingerprint density at radius 1 is 1.14 bits per heavy atom. The molecule has 0 spiro atoms. The second kappa shape index (κ2) is 11.6. The minimum atomic E-state index is -2.50. The van der Waals surface area contributed by atoms with E-state index in [4.69, 9.17) is 14.2 Å². The van der Waals surface area contributed by atoms with Gasteiger partial charge >= 0.3 is 0 Å². The Balaban J connectivity index is 0.00000300. The van der Waals surface area contributed by atoms with Crippen LogP contribution in [0.4, 0.5) is 14.5 Å². The van der Waals surface area contributed by atoms with Crippen LogP contribution < -0.4 is 24.8 Å². The molecule has 0 aliphatic carbocycles. The lowest BCUT2D eigenvalue weighted by molar-refractivity contribution is 0.0818. The van der Waals surface area contributed by atoms with Crippen molar-refractivity contribution >= 4 is 35.6 Å². The van der Waals surface area contributed by atoms with E-state index in [9.17, 15) is 8.78 Å². The first-order valence-electron chi connectivity index (χ1n) is 9.01. The summed E-state index contributed by atoms with van der Waals surface area (Å²) >= 11 is 0. The van der Waals surface area contributed by atoms with E-state index in [2.05, 4.69) is 15.6 Å². The summed E-state index contributed by atoms with van der Waals surface area (Å²) in [6.45, 7) is 1.09. The van der Waals surface area contributed by atoms with Crippen molar-refractivity contribution in [2.75, 3.05) is 32.2 Å². The van der Waals surface area contributed by atoms with Crippen molar-refractivity contribution in [3.63, 3.8) is 0 Å². The zero-order valence-corrected chi connectivity index (χ0v) is 18.3. The van der Waals surface area contributed by atoms with Gasteiger partial charge in [0.2, 0.25) is 0 Å². The molecular formula is C20H24F2IN3O3. The number of benzene rings is 2. The van der Waals surface area contributed by atoms with Gasteiger partial charge in [-0.25, -0.2) is 8.78 Å². The molecule has 2 N–H and O–H groups in total. The summed E-state index contributed by atoms with van der Waals surface area (Å²) < 4.78 is 40.9. The largest absolute Gasteiger partial charge is 0.490 e. The fraction of sp³-hybridized carbons (Fsp3) is 0.350. The van der Waals surface area contributed by atoms with Crippen molar-refractivity contribution in [2.45, 2.75) is 19.4 Å². The number of alkyl halides is 2. The van der Waals surface area contributed by atoms with E-state index in [0.29, 0.717) is 37.2 Å². The van der Waals surface area contributed by atoms with Gasteiger partial charge in [0.25, 0.3) is 6.43 Å². The Bertz CT molecular complexity index is 821. The molecule has 3 rings (SSSR count). The molecule has 158 valence electrons. The highest BCUT2D eigenvalue weighted by Gasteiger charge is 2.11. The average molecular weight is 519 g/mol. The topological polar surface area (TPSA) is 64.1 Å². The maximum Gasteiger partial charge on any atom is 0.272 e. The smallest absolute Gasteiger partial charge is 0.272 e. The molecule has 2 aromatic carbocycles. The van der Waals surface area contributed by atoms with Crippen LogP contribution in [0.5, 0.6) is 17.2 Å². The highest BCUT2D eigenvalue weighted by Crippen LogP contribution is 2.32. The molecule has 1 aliphatic heterocycles. The van der Waals surface area contributed by atoms with Crippen LogP contribution in [-0.2, 0) is 6.54 Å². The molecule has 0 atom stereocenters. The quantitative estimate of drug-likeness (QED) is 0.339. The van der Waals surface area contributed by atoms with Crippen molar-refractivity contribution in [3.05, 3.63) is 48.0 Å². The van der Waals surface area contributed by atoms with Gasteiger partial charge in [-0.05, 0) is 29.8 Å². The first kappa shape index (κ1) is 23.0. The molecule has 0 saturated carbocycles. The van der Waals surface area contributed by atoms with Crippen LogP contribution in [-0.4, -0.2) is 39.3 Å². The summed E-state index contributed by atoms with van der Waals surface area (Å²) in [5, 5.41) is 6.38. The highest BCUT2D eigenvalue weighted by molar-refractivity contribution is 14.0. The van der Waals surface area contributed by atoms with Crippen molar-refractivity contribution in [2.24, 2.45) is 4.99 Å². The van der Waals surface area contributed by atoms with Gasteiger partial charge in [0.1, 0.15) is 12.4 Å². The summed E-state index contributed by atoms with van der Waals surface area (Å²) in [7, 11) is 1.67. The summed E-state index contributed by atoms with van der Waals surface area (Å²) in [6, 6.07) is 12.6. The molecule has 9 heteroatoms. The summed E-state index contributed by atoms with van der Waals surface area (Å²) in [4.78, 5) is 4.20. The van der Waals surface area contributed by atoms with Gasteiger partial charge in [-0.15, -0.1) is 24.0 Å². The number of nitrogens with one attached hydrogen (secondary N) is 2. The molecule has 0 unspecified atom stereocenters. The molecule has 6 nitrogen and oxygen atoms in total. The predicted octanol–water partition coefficient (Wildman–Crippen LogP) is 4.30. The molecule has 0 radical (unpaired) electrons. The third-order valence-electron chi connectivity index (χ3n) is 3.97. The van der Waals surface area contributed by atoms with Crippen molar-refractivity contribution in [1.29, 1.82) is 0 Å². The molecule has 1 heterocycles. The van der Waals surface area contributed by atoms with Crippen molar-refractivity contribution < 1.29 is 23.0 Å². The number of fused-ring (bicyclic) bond motifs is 1. The zero-order valence-electron chi connectivity index (χ0n) is 16.0. The highest BCUT2D eigenvalue weighted by atomic mass is 127. The van der Waals surface area contributed by atoms with Crippen LogP contribution in [0.1, 0.15) is 12.0 Å². The molecule has 2 aromatic rings. The van der Waals surface area contributed by atoms with Crippen LogP contribution in [0, 0.1) is 0 Å². The molecule has 0 amide bonds. The van der Waals surface area contributed by atoms with E-state index < -0.39 is 13.0 Å². The number of aliphatic imine (C=N–C) groups is 1. The lowest BCUT2D eigenvalue weighted by Gasteiger charge is -2.14. The maximum atomic E-state index is 12.3. The number of halogens is 3. The first-order chi connectivity index (χ1) is 13.6. The first-order valence-corrected chi connectivity index (χ1v) is 9.01. The van der Waals surface area contributed by atoms with E-state index in [1.807, 2.05) is 24.3 Å². The Labute approximate surface area is 185 Å². The third-order valence-corrected chi connectivity index (χ3v) is 3.97. The normalized spacial score (nSPS) is 13.3. The van der Waals surface area contributed by atoms with Gasteiger partial charge < -0.3 is 24.8 Å². The summed E-state index contributed by atoms with van der Waals surface area (Å²) in [5.41, 5.74) is 1.69. The Hall–Kier alpha value is -2.30. The molecule has 1 aliphatic rings. The van der Waals surface area contributed by atoms with Crippen molar-refractivity contribution in [1.82, 2.24) is 5.32 Å². The van der Waals surface area contributed by atoms with E-state index in [1.165, 1.54) is 0 Å². The van der Waals surface area contributed by atoms with Crippen LogP contribution in [0.25, 0.3) is 0 Å². The lowest BCUT2D eigenvalue weighted by Crippen LogP contribution is -2.30. The summed E-state index contributed by atoms with van der Waals surface area (Å²) in [5.74, 6) is 2.40. The molecule has 0 fully saturated rings. The van der Waals surface area contributed by atoms with Crippen LogP contribution in [0.2, 0.25) is 0 Å². The number of rotatable bonds is 6. The van der Waals surface area contributed by atoms with E-state index in [0.717, 1.165) is 23.4 Å². The zero-order chi connectivity index (χ0) is 19.8. The number of hydrogen-bond acceptors (Lipinski definition) is 4. The SMILES string of the molecule is CN=C(NCc1cccc(OCC(F)F)c1)Nc1ccc2c(c1)OCCCO2.I. The van der Waals surface area contributed by atoms with Crippen LogP contribution >= 0.6 is 24.0 Å². The predicted molar refractivity (Wildman–Crippen MR) is 119 cm³/mol. The Morgan fingerprint density at radius 2 is 1.93 bits per heavy atom. The minimum absolute atomic E-state index is 0. The Kier molecular flexibility index (Phi) is 9.23. The summed E-state index contributed by atoms with van der Waals surface area (Å²) in [6.07, 6.45) is -1.65. The third kappa shape index (κ3) is 7.22. The number of anilines is 1. The minimum Gasteiger partial charge on any atom is -0.490 e. The van der Waals surface area contributed by atoms with Gasteiger partial charge in [-0.2, -0.15) is 0 Å². The second-order valence-corrected chi connectivity index (χ2v) is 6.11. The number of nitrogens with zero attached hydrogens (tertiary/aromatic N) is 1. The van der Waals surface area contributed by atoms with Crippen molar-refractivity contribution in [3.8, 4) is 17.2 Å². The van der Waals surface area contributed by atoms with Gasteiger partial charge in [-0.3, -0.25) is 4.99 Å². The van der Waals surface area contributed by atoms with Gasteiger partial charge in [-0.1, -0.05) is 12.1 Å². The molecule has 0 bridgehead atoms. The number of hydrogen-bond donors (Lipinski definition) is 2. The fourth-order valence-corrected chi connectivity index (χ4v) is 2.65. The Morgan fingerprint density at radius 3 is 2.69 bits per heavy atom. The average Bonchev–Trinajstić information content (AvgIpc) is 2.95. The van der Waals surface area contributed by atoms with Crippen LogP contribution in [0.3, 0.4) is 0 Å². The van der Waals surface area contributed by atoms with E-state index >= 15 is 0 Å². The second-order valence-electron chi connectivity index (χ2n) is 6.11. The lowest BCUT2D eigenvalue weighted by atomic mass is 10.2. The van der Waals surface area contributed by atoms with Gasteiger partial charge in [0.05, 0.1) is 13.2 Å². The van der Waals surface area contributed by atoms with E-state index in [-0.39, 0.29) is 24.0 Å². The molecule has 0 saturated heterocycles. The number of ether oxygens (including phenoxy) is 3. The van der Waals surface area contributed by atoms with Crippen LogP contribution in [0.15, 0.2) is 47.5 Å².